The number of halogens is 1. The fraction of sp³-hybridized carbons (Fsp3) is 0.300. The Labute approximate surface area is 167 Å². The zero-order chi connectivity index (χ0) is 19.4. The SMILES string of the molecule is CN(C)c1ccc(NC(=O)Nc2ccc(Br)cc2)cc1C(=O)N1CCCC1. The number of anilines is 3. The molecule has 0 aromatic heterocycles. The topological polar surface area (TPSA) is 64.7 Å². The van der Waals surface area contributed by atoms with Crippen molar-refractivity contribution >= 4 is 44.9 Å². The Balaban J connectivity index is 1.77. The number of amides is 3. The van der Waals surface area contributed by atoms with Crippen LogP contribution in [0.15, 0.2) is 46.9 Å². The normalized spacial score (nSPS) is 13.4. The average molecular weight is 431 g/mol. The van der Waals surface area contributed by atoms with Crippen LogP contribution in [0.2, 0.25) is 0 Å². The maximum Gasteiger partial charge on any atom is 0.323 e. The predicted octanol–water partition coefficient (Wildman–Crippen LogP) is 4.40. The molecule has 0 spiro atoms. The van der Waals surface area contributed by atoms with Crippen LogP contribution >= 0.6 is 15.9 Å². The maximum atomic E-state index is 12.9. The lowest BCUT2D eigenvalue weighted by Gasteiger charge is -2.22. The van der Waals surface area contributed by atoms with Gasteiger partial charge in [-0.3, -0.25) is 4.79 Å². The Morgan fingerprint density at radius 1 is 0.963 bits per heavy atom. The van der Waals surface area contributed by atoms with Gasteiger partial charge in [0.15, 0.2) is 0 Å². The van der Waals surface area contributed by atoms with Crippen molar-refractivity contribution < 1.29 is 9.59 Å². The summed E-state index contributed by atoms with van der Waals surface area (Å²) in [5.74, 6) is 0.00756. The summed E-state index contributed by atoms with van der Waals surface area (Å²) in [7, 11) is 3.81. The molecular formula is C20H23BrN4O2. The van der Waals surface area contributed by atoms with Crippen LogP contribution in [-0.2, 0) is 0 Å². The van der Waals surface area contributed by atoms with Gasteiger partial charge < -0.3 is 20.4 Å². The molecule has 0 bridgehead atoms. The van der Waals surface area contributed by atoms with Gasteiger partial charge in [0.05, 0.1) is 5.56 Å². The van der Waals surface area contributed by atoms with Crippen molar-refractivity contribution in [3.8, 4) is 0 Å². The highest BCUT2D eigenvalue weighted by molar-refractivity contribution is 9.10. The third-order valence-electron chi connectivity index (χ3n) is 4.46. The zero-order valence-electron chi connectivity index (χ0n) is 15.5. The number of nitrogens with zero attached hydrogens (tertiary/aromatic N) is 2. The molecule has 2 aromatic carbocycles. The van der Waals surface area contributed by atoms with E-state index in [2.05, 4.69) is 26.6 Å². The van der Waals surface area contributed by atoms with Gasteiger partial charge in [0.25, 0.3) is 5.91 Å². The largest absolute Gasteiger partial charge is 0.377 e. The van der Waals surface area contributed by atoms with E-state index in [4.69, 9.17) is 0 Å². The van der Waals surface area contributed by atoms with Crippen LogP contribution in [0.3, 0.4) is 0 Å². The first-order valence-electron chi connectivity index (χ1n) is 8.88. The number of likely N-dealkylation sites (tertiary alicyclic amines) is 1. The summed E-state index contributed by atoms with van der Waals surface area (Å²) in [6.07, 6.45) is 2.08. The summed E-state index contributed by atoms with van der Waals surface area (Å²) in [5, 5.41) is 5.59. The molecule has 2 aromatic rings. The van der Waals surface area contributed by atoms with Crippen LogP contribution in [0.4, 0.5) is 21.9 Å². The Kier molecular flexibility index (Phi) is 6.01. The summed E-state index contributed by atoms with van der Waals surface area (Å²) in [4.78, 5) is 29.0. The van der Waals surface area contributed by atoms with Crippen LogP contribution in [0, 0.1) is 0 Å². The van der Waals surface area contributed by atoms with E-state index in [9.17, 15) is 9.59 Å². The molecule has 3 rings (SSSR count). The lowest BCUT2D eigenvalue weighted by molar-refractivity contribution is 0.0793. The van der Waals surface area contributed by atoms with Crippen molar-refractivity contribution in [2.45, 2.75) is 12.8 Å². The van der Waals surface area contributed by atoms with E-state index in [1.807, 2.05) is 42.1 Å². The van der Waals surface area contributed by atoms with Crippen LogP contribution in [0.5, 0.6) is 0 Å². The minimum absolute atomic E-state index is 0.00756. The second kappa shape index (κ2) is 8.43. The maximum absolute atomic E-state index is 12.9. The number of nitrogens with one attached hydrogen (secondary N) is 2. The molecule has 1 saturated heterocycles. The quantitative estimate of drug-likeness (QED) is 0.755. The lowest BCUT2D eigenvalue weighted by Crippen LogP contribution is -2.29. The Hall–Kier alpha value is -2.54. The second-order valence-corrected chi connectivity index (χ2v) is 7.63. The van der Waals surface area contributed by atoms with Crippen LogP contribution in [0.25, 0.3) is 0 Å². The average Bonchev–Trinajstić information content (AvgIpc) is 3.17. The van der Waals surface area contributed by atoms with Crippen molar-refractivity contribution in [3.63, 3.8) is 0 Å². The number of carbonyl (C=O) groups is 2. The van der Waals surface area contributed by atoms with Crippen molar-refractivity contribution in [1.82, 2.24) is 4.90 Å². The molecule has 7 heteroatoms. The molecule has 2 N–H and O–H groups in total. The summed E-state index contributed by atoms with van der Waals surface area (Å²) in [6.45, 7) is 1.57. The van der Waals surface area contributed by atoms with Crippen LogP contribution in [0.1, 0.15) is 23.2 Å². The number of benzene rings is 2. The first-order chi connectivity index (χ1) is 12.9. The summed E-state index contributed by atoms with van der Waals surface area (Å²) >= 11 is 3.36. The number of carbonyl (C=O) groups excluding carboxylic acids is 2. The lowest BCUT2D eigenvalue weighted by atomic mass is 10.1. The first kappa shape index (κ1) is 19.2. The highest BCUT2D eigenvalue weighted by Gasteiger charge is 2.23. The van der Waals surface area contributed by atoms with Crippen LogP contribution in [-0.4, -0.2) is 44.0 Å². The minimum Gasteiger partial charge on any atom is -0.377 e. The fourth-order valence-corrected chi connectivity index (χ4v) is 3.36. The minimum atomic E-state index is -0.352. The molecule has 0 atom stereocenters. The van der Waals surface area contributed by atoms with Gasteiger partial charge in [-0.15, -0.1) is 0 Å². The second-order valence-electron chi connectivity index (χ2n) is 6.71. The summed E-state index contributed by atoms with van der Waals surface area (Å²) < 4.78 is 0.942. The third-order valence-corrected chi connectivity index (χ3v) is 4.99. The highest BCUT2D eigenvalue weighted by Crippen LogP contribution is 2.26. The molecule has 1 heterocycles. The van der Waals surface area contributed by atoms with Gasteiger partial charge in [-0.2, -0.15) is 0 Å². The number of hydrogen-bond acceptors (Lipinski definition) is 3. The third kappa shape index (κ3) is 4.80. The van der Waals surface area contributed by atoms with E-state index < -0.39 is 0 Å². The van der Waals surface area contributed by atoms with E-state index in [0.717, 1.165) is 36.1 Å². The molecule has 27 heavy (non-hydrogen) atoms. The van der Waals surface area contributed by atoms with Gasteiger partial charge >= 0.3 is 6.03 Å². The Morgan fingerprint density at radius 2 is 1.56 bits per heavy atom. The van der Waals surface area contributed by atoms with E-state index in [-0.39, 0.29) is 11.9 Å². The molecule has 3 amide bonds. The smallest absolute Gasteiger partial charge is 0.323 e. The summed E-state index contributed by atoms with van der Waals surface area (Å²) in [6, 6.07) is 12.4. The van der Waals surface area contributed by atoms with Gasteiger partial charge in [0, 0.05) is 48.7 Å². The number of hydrogen-bond donors (Lipinski definition) is 2. The fourth-order valence-electron chi connectivity index (χ4n) is 3.09. The highest BCUT2D eigenvalue weighted by atomic mass is 79.9. The van der Waals surface area contributed by atoms with E-state index in [1.54, 1.807) is 24.3 Å². The molecule has 1 aliphatic rings. The van der Waals surface area contributed by atoms with E-state index in [1.165, 1.54) is 0 Å². The monoisotopic (exact) mass is 430 g/mol. The summed E-state index contributed by atoms with van der Waals surface area (Å²) in [5.41, 5.74) is 2.71. The van der Waals surface area contributed by atoms with Gasteiger partial charge in [0.1, 0.15) is 0 Å². The van der Waals surface area contributed by atoms with E-state index >= 15 is 0 Å². The molecule has 0 saturated carbocycles. The molecule has 0 radical (unpaired) electrons. The van der Waals surface area contributed by atoms with Gasteiger partial charge in [0.2, 0.25) is 0 Å². The molecule has 142 valence electrons. The Bertz CT molecular complexity index is 830. The molecule has 6 nitrogen and oxygen atoms in total. The van der Waals surface area contributed by atoms with Crippen molar-refractivity contribution in [3.05, 3.63) is 52.5 Å². The molecule has 0 aliphatic carbocycles. The van der Waals surface area contributed by atoms with Gasteiger partial charge in [-0.25, -0.2) is 4.79 Å². The predicted molar refractivity (Wildman–Crippen MR) is 113 cm³/mol. The first-order valence-corrected chi connectivity index (χ1v) is 9.67. The van der Waals surface area contributed by atoms with Crippen molar-refractivity contribution in [2.24, 2.45) is 0 Å². The zero-order valence-corrected chi connectivity index (χ0v) is 17.0. The molecule has 0 unspecified atom stereocenters. The standard InChI is InChI=1S/C20H23BrN4O2/c1-24(2)18-10-9-16(13-17(18)19(26)25-11-3-4-12-25)23-20(27)22-15-7-5-14(21)6-8-15/h5-10,13H,3-4,11-12H2,1-2H3,(H2,22,23,27). The molecule has 1 aliphatic heterocycles. The van der Waals surface area contributed by atoms with Gasteiger partial charge in [-0.05, 0) is 55.3 Å². The molecular weight excluding hydrogens is 408 g/mol. The Morgan fingerprint density at radius 3 is 2.19 bits per heavy atom. The van der Waals surface area contributed by atoms with Gasteiger partial charge in [-0.1, -0.05) is 15.9 Å². The number of rotatable bonds is 4. The molecule has 1 fully saturated rings. The van der Waals surface area contributed by atoms with Crippen molar-refractivity contribution in [1.29, 1.82) is 0 Å². The van der Waals surface area contributed by atoms with E-state index in [0.29, 0.717) is 16.9 Å². The van der Waals surface area contributed by atoms with Crippen LogP contribution < -0.4 is 15.5 Å². The number of urea groups is 1. The van der Waals surface area contributed by atoms with Crippen molar-refractivity contribution in [2.75, 3.05) is 42.7 Å².